The number of nitrogens with zero attached hydrogens (tertiary/aromatic N) is 2. The van der Waals surface area contributed by atoms with Gasteiger partial charge in [0.05, 0.1) is 16.9 Å². The van der Waals surface area contributed by atoms with Crippen molar-refractivity contribution in [3.8, 4) is 5.75 Å². The number of aromatic nitrogens is 1. The van der Waals surface area contributed by atoms with Gasteiger partial charge in [-0.05, 0) is 86.3 Å². The van der Waals surface area contributed by atoms with Gasteiger partial charge in [-0.15, -0.1) is 11.3 Å². The molecule has 6 rings (SSSR count). The molecular formula is C39H42F3N7O7S. The molecule has 0 spiro atoms. The van der Waals surface area contributed by atoms with Gasteiger partial charge in [0.15, 0.2) is 6.61 Å². The summed E-state index contributed by atoms with van der Waals surface area (Å²) in [7, 11) is 0. The number of nitrogens with two attached hydrogens (primary N) is 1. The van der Waals surface area contributed by atoms with E-state index in [1.807, 2.05) is 27.9 Å². The lowest BCUT2D eigenvalue weighted by atomic mass is 10.1. The fraction of sp³-hybridized carbons (Fsp3) is 0.333. The van der Waals surface area contributed by atoms with Crippen LogP contribution >= 0.6 is 11.3 Å². The van der Waals surface area contributed by atoms with Crippen LogP contribution in [-0.2, 0) is 22.6 Å². The molecule has 0 radical (unpaired) electrons. The van der Waals surface area contributed by atoms with Gasteiger partial charge in [0.25, 0.3) is 23.6 Å². The van der Waals surface area contributed by atoms with Crippen molar-refractivity contribution in [2.75, 3.05) is 36.9 Å². The lowest BCUT2D eigenvalue weighted by Crippen LogP contribution is -2.36. The predicted octanol–water partition coefficient (Wildman–Crippen LogP) is 4.83. The molecule has 0 unspecified atom stereocenters. The Morgan fingerprint density at radius 2 is 1.70 bits per heavy atom. The zero-order chi connectivity index (χ0) is 41.0. The highest BCUT2D eigenvalue weighted by molar-refractivity contribution is 7.07. The second-order valence-corrected chi connectivity index (χ2v) is 14.1. The number of nitrogens with one attached hydrogen (secondary N) is 4. The third-order valence-electron chi connectivity index (χ3n) is 8.73. The quantitative estimate of drug-likeness (QED) is 0.0851. The first kappa shape index (κ1) is 42.3. The van der Waals surface area contributed by atoms with E-state index < -0.39 is 12.1 Å². The van der Waals surface area contributed by atoms with Crippen LogP contribution in [0.2, 0.25) is 0 Å². The van der Waals surface area contributed by atoms with E-state index in [2.05, 4.69) is 26.3 Å². The molecule has 302 valence electrons. The number of carboxylic acid groups (broad SMARTS) is 1. The molecule has 1 aliphatic heterocycles. The molecule has 7 N–H and O–H groups in total. The van der Waals surface area contributed by atoms with Crippen molar-refractivity contribution in [3.63, 3.8) is 0 Å². The summed E-state index contributed by atoms with van der Waals surface area (Å²) in [4.78, 5) is 65.9. The van der Waals surface area contributed by atoms with E-state index in [1.165, 1.54) is 0 Å². The Kier molecular flexibility index (Phi) is 14.7. The summed E-state index contributed by atoms with van der Waals surface area (Å²) in [5.74, 6) is -3.12. The zero-order valence-electron chi connectivity index (χ0n) is 30.6. The number of carboxylic acids is 1. The van der Waals surface area contributed by atoms with Gasteiger partial charge in [-0.3, -0.25) is 19.2 Å². The number of ether oxygens (including phenoxy) is 1. The molecule has 14 nitrogen and oxygen atoms in total. The van der Waals surface area contributed by atoms with Crippen molar-refractivity contribution in [1.29, 1.82) is 0 Å². The Bertz CT molecular complexity index is 2030. The third kappa shape index (κ3) is 13.1. The first-order valence-corrected chi connectivity index (χ1v) is 19.0. The minimum Gasteiger partial charge on any atom is -0.482 e. The number of fused-ring (bicyclic) bond motifs is 1. The summed E-state index contributed by atoms with van der Waals surface area (Å²) < 4.78 is 37.2. The molecule has 4 aromatic rings. The van der Waals surface area contributed by atoms with Crippen LogP contribution in [0.25, 0.3) is 0 Å². The smallest absolute Gasteiger partial charge is 0.482 e. The van der Waals surface area contributed by atoms with Gasteiger partial charge in [0.1, 0.15) is 5.75 Å². The first-order valence-electron chi connectivity index (χ1n) is 18.1. The first-order chi connectivity index (χ1) is 27.3. The van der Waals surface area contributed by atoms with Crippen molar-refractivity contribution >= 4 is 52.3 Å². The van der Waals surface area contributed by atoms with Crippen LogP contribution < -0.4 is 31.7 Å². The van der Waals surface area contributed by atoms with Crippen molar-refractivity contribution in [1.82, 2.24) is 20.5 Å². The molecule has 1 saturated carbocycles. The minimum atomic E-state index is -5.08. The molecule has 3 aromatic carbocycles. The number of amides is 4. The Morgan fingerprint density at radius 1 is 0.982 bits per heavy atom. The van der Waals surface area contributed by atoms with Crippen LogP contribution in [0.3, 0.4) is 0 Å². The normalized spacial score (nSPS) is 13.8. The predicted molar refractivity (Wildman–Crippen MR) is 206 cm³/mol. The Labute approximate surface area is 330 Å². The molecular weight excluding hydrogens is 768 g/mol. The molecule has 0 bridgehead atoms. The second-order valence-electron chi connectivity index (χ2n) is 13.4. The van der Waals surface area contributed by atoms with E-state index >= 15 is 0 Å². The van der Waals surface area contributed by atoms with Gasteiger partial charge in [-0.25, -0.2) is 9.78 Å². The molecule has 2 aliphatic rings. The van der Waals surface area contributed by atoms with Crippen molar-refractivity contribution in [2.24, 2.45) is 5.73 Å². The van der Waals surface area contributed by atoms with Gasteiger partial charge in [0, 0.05) is 65.9 Å². The van der Waals surface area contributed by atoms with E-state index in [4.69, 9.17) is 20.4 Å². The number of benzene rings is 3. The summed E-state index contributed by atoms with van der Waals surface area (Å²) in [6.45, 7) is 2.38. The monoisotopic (exact) mass is 809 g/mol. The summed E-state index contributed by atoms with van der Waals surface area (Å²) in [5, 5.41) is 21.1. The zero-order valence-corrected chi connectivity index (χ0v) is 31.5. The van der Waals surface area contributed by atoms with Crippen LogP contribution in [0.1, 0.15) is 68.0 Å². The summed E-state index contributed by atoms with van der Waals surface area (Å²) in [6.07, 6.45) is -0.741. The number of aliphatic carboxylic acids is 1. The van der Waals surface area contributed by atoms with Crippen molar-refractivity contribution < 1.29 is 47.0 Å². The van der Waals surface area contributed by atoms with Crippen molar-refractivity contribution in [3.05, 3.63) is 106 Å². The number of carbonyl (C=O) groups excluding carboxylic acids is 4. The second kappa shape index (κ2) is 19.8. The average molecular weight is 810 g/mol. The molecule has 1 atom stereocenters. The van der Waals surface area contributed by atoms with Gasteiger partial charge >= 0.3 is 12.1 Å². The highest BCUT2D eigenvalue weighted by atomic mass is 32.1. The fourth-order valence-electron chi connectivity index (χ4n) is 5.67. The standard InChI is InChI=1S/C37H41N7O5S.C2HF3O2/c38-28(18-30-22-50-23-41-30)19-39-14-1-2-15-40-35(46)26-4-3-5-29(16-26)42-36(47)25-8-6-24(7-9-25)20-44(31-11-12-31)37(48)27-10-13-32-33(17-27)49-21-34(45)43-32;3-2(4,5)1(6)7/h3-10,13,16-17,22-23,28,31,39H,1-2,11-12,14-15,18-21,38H2,(H,40,46)(H,42,47)(H,43,45);(H,6,7)/t28-;/m0./s1. The molecule has 1 fully saturated rings. The maximum absolute atomic E-state index is 13.5. The number of carbonyl (C=O) groups is 5. The summed E-state index contributed by atoms with van der Waals surface area (Å²) in [6, 6.07) is 19.2. The lowest BCUT2D eigenvalue weighted by Gasteiger charge is -2.24. The maximum atomic E-state index is 13.5. The summed E-state index contributed by atoms with van der Waals surface area (Å²) >= 11 is 1.57. The molecule has 1 aromatic heterocycles. The van der Waals surface area contributed by atoms with Crippen molar-refractivity contribution in [2.45, 2.75) is 56.9 Å². The number of hydrogen-bond donors (Lipinski definition) is 6. The molecule has 2 heterocycles. The van der Waals surface area contributed by atoms with Gasteiger partial charge in [-0.2, -0.15) is 13.2 Å². The van der Waals surface area contributed by atoms with E-state index in [0.29, 0.717) is 53.4 Å². The highest BCUT2D eigenvalue weighted by Gasteiger charge is 2.38. The molecule has 18 heteroatoms. The Balaban J connectivity index is 0.000000811. The Hall–Kier alpha value is -5.85. The SMILES string of the molecule is N[C@H](CNCCCCNC(=O)c1cccc(NC(=O)c2ccc(CN(C(=O)c3ccc4c(c3)OCC(=O)N4)C3CC3)cc2)c1)Cc1cscn1.O=C(O)C(F)(F)F. The Morgan fingerprint density at radius 3 is 2.39 bits per heavy atom. The van der Waals surface area contributed by atoms with Gasteiger partial charge in [0.2, 0.25) is 0 Å². The van der Waals surface area contributed by atoms with E-state index in [9.17, 15) is 32.3 Å². The largest absolute Gasteiger partial charge is 0.490 e. The molecule has 4 amide bonds. The highest BCUT2D eigenvalue weighted by Crippen LogP contribution is 2.33. The number of thiazole rings is 1. The number of rotatable bonds is 16. The van der Waals surface area contributed by atoms with Crippen LogP contribution in [0, 0.1) is 0 Å². The van der Waals surface area contributed by atoms with Crippen LogP contribution in [0.5, 0.6) is 5.75 Å². The number of alkyl halides is 3. The fourth-order valence-corrected chi connectivity index (χ4v) is 6.24. The van der Waals surface area contributed by atoms with Gasteiger partial charge < -0.3 is 41.7 Å². The minimum absolute atomic E-state index is 0.0148. The topological polar surface area (TPSA) is 205 Å². The van der Waals surface area contributed by atoms with Crippen LogP contribution in [0.15, 0.2) is 77.6 Å². The number of hydrogen-bond acceptors (Lipinski definition) is 10. The number of anilines is 2. The number of unbranched alkanes of at least 4 members (excludes halogenated alkanes) is 1. The summed E-state index contributed by atoms with van der Waals surface area (Å²) in [5.41, 5.74) is 12.4. The van der Waals surface area contributed by atoms with Crippen LogP contribution in [0.4, 0.5) is 24.5 Å². The lowest BCUT2D eigenvalue weighted by molar-refractivity contribution is -0.192. The molecule has 1 aliphatic carbocycles. The van der Waals surface area contributed by atoms with Crippen LogP contribution in [-0.4, -0.2) is 89.1 Å². The van der Waals surface area contributed by atoms with E-state index in [0.717, 1.165) is 49.9 Å². The average Bonchev–Trinajstić information content (AvgIpc) is 3.90. The maximum Gasteiger partial charge on any atom is 0.490 e. The molecule has 57 heavy (non-hydrogen) atoms. The number of halogens is 3. The van der Waals surface area contributed by atoms with Gasteiger partial charge in [-0.1, -0.05) is 18.2 Å². The van der Waals surface area contributed by atoms with E-state index in [1.54, 1.807) is 65.9 Å². The van der Waals surface area contributed by atoms with E-state index in [-0.39, 0.29) is 42.3 Å². The third-order valence-corrected chi connectivity index (χ3v) is 9.37. The molecule has 0 saturated heterocycles.